The molecule has 5 heteroatoms. The molecular weight excluding hydrogens is 274 g/mol. The van der Waals surface area contributed by atoms with Crippen LogP contribution in [0.5, 0.6) is 0 Å². The summed E-state index contributed by atoms with van der Waals surface area (Å²) < 4.78 is 7.78. The highest BCUT2D eigenvalue weighted by molar-refractivity contribution is 6.30. The fourth-order valence-corrected chi connectivity index (χ4v) is 2.99. The second-order valence-electron chi connectivity index (χ2n) is 5.55. The second kappa shape index (κ2) is 5.72. The number of aryl methyl sites for hydroxylation is 1. The van der Waals surface area contributed by atoms with Gasteiger partial charge in [0.15, 0.2) is 0 Å². The Hall–Kier alpha value is -1.10. The van der Waals surface area contributed by atoms with E-state index in [-0.39, 0.29) is 0 Å². The molecule has 20 heavy (non-hydrogen) atoms. The van der Waals surface area contributed by atoms with Gasteiger partial charge >= 0.3 is 0 Å². The van der Waals surface area contributed by atoms with Crippen molar-refractivity contribution in [2.75, 3.05) is 20.2 Å². The number of hydrogen-bond acceptors (Lipinski definition) is 3. The maximum absolute atomic E-state index is 6.09. The van der Waals surface area contributed by atoms with E-state index in [0.29, 0.717) is 6.10 Å². The summed E-state index contributed by atoms with van der Waals surface area (Å²) in [5.74, 6) is 0. The molecule has 1 atom stereocenters. The first-order valence-electron chi connectivity index (χ1n) is 7.07. The van der Waals surface area contributed by atoms with Gasteiger partial charge in [-0.25, -0.2) is 4.98 Å². The standard InChI is InChI=1S/C15H20ClN3O/c1-11-14(10-18(2)9-13-4-3-7-20-13)19-8-12(16)5-6-15(19)17-11/h5-6,8,13H,3-4,7,9-10H2,1-2H3. The third-order valence-electron chi connectivity index (χ3n) is 3.84. The van der Waals surface area contributed by atoms with E-state index in [1.54, 1.807) is 0 Å². The first-order valence-corrected chi connectivity index (χ1v) is 7.44. The number of likely N-dealkylation sites (N-methyl/N-ethyl adjacent to an activating group) is 1. The van der Waals surface area contributed by atoms with E-state index >= 15 is 0 Å². The Labute approximate surface area is 124 Å². The average Bonchev–Trinajstić information content (AvgIpc) is 3.00. The van der Waals surface area contributed by atoms with Gasteiger partial charge in [-0.2, -0.15) is 0 Å². The van der Waals surface area contributed by atoms with Crippen LogP contribution >= 0.6 is 11.6 Å². The lowest BCUT2D eigenvalue weighted by Gasteiger charge is -2.20. The van der Waals surface area contributed by atoms with Crippen LogP contribution in [0.2, 0.25) is 5.02 Å². The van der Waals surface area contributed by atoms with E-state index in [1.165, 1.54) is 18.5 Å². The first kappa shape index (κ1) is 13.9. The number of pyridine rings is 1. The fraction of sp³-hybridized carbons (Fsp3) is 0.533. The topological polar surface area (TPSA) is 29.8 Å². The number of hydrogen-bond donors (Lipinski definition) is 0. The van der Waals surface area contributed by atoms with Gasteiger partial charge in [0.25, 0.3) is 0 Å². The summed E-state index contributed by atoms with van der Waals surface area (Å²) in [7, 11) is 2.13. The predicted molar refractivity (Wildman–Crippen MR) is 80.2 cm³/mol. The molecule has 0 saturated carbocycles. The molecule has 0 radical (unpaired) electrons. The number of fused-ring (bicyclic) bond motifs is 1. The van der Waals surface area contributed by atoms with Crippen molar-refractivity contribution in [2.24, 2.45) is 0 Å². The van der Waals surface area contributed by atoms with Crippen molar-refractivity contribution >= 4 is 17.2 Å². The summed E-state index contributed by atoms with van der Waals surface area (Å²) >= 11 is 6.09. The Bertz CT molecular complexity index is 604. The number of nitrogens with zero attached hydrogens (tertiary/aromatic N) is 3. The minimum absolute atomic E-state index is 0.378. The molecule has 1 aliphatic heterocycles. The molecule has 2 aromatic rings. The van der Waals surface area contributed by atoms with Crippen LogP contribution in [0.1, 0.15) is 24.2 Å². The molecule has 3 heterocycles. The van der Waals surface area contributed by atoms with Gasteiger partial charge in [-0.15, -0.1) is 0 Å². The summed E-state index contributed by atoms with van der Waals surface area (Å²) in [6.07, 6.45) is 4.67. The molecule has 108 valence electrons. The number of aromatic nitrogens is 2. The van der Waals surface area contributed by atoms with Crippen LogP contribution in [-0.2, 0) is 11.3 Å². The summed E-state index contributed by atoms with van der Waals surface area (Å²) in [5.41, 5.74) is 3.21. The lowest BCUT2D eigenvalue weighted by atomic mass is 10.2. The Morgan fingerprint density at radius 2 is 2.35 bits per heavy atom. The highest BCUT2D eigenvalue weighted by Crippen LogP contribution is 2.19. The van der Waals surface area contributed by atoms with Gasteiger partial charge in [0.1, 0.15) is 5.65 Å². The van der Waals surface area contributed by atoms with Crippen molar-refractivity contribution in [1.29, 1.82) is 0 Å². The lowest BCUT2D eigenvalue weighted by molar-refractivity contribution is 0.0788. The van der Waals surface area contributed by atoms with Crippen LogP contribution in [0.4, 0.5) is 0 Å². The number of halogens is 1. The minimum atomic E-state index is 0.378. The van der Waals surface area contributed by atoms with E-state index in [4.69, 9.17) is 16.3 Å². The van der Waals surface area contributed by atoms with Crippen LogP contribution < -0.4 is 0 Å². The molecule has 4 nitrogen and oxygen atoms in total. The molecule has 0 bridgehead atoms. The zero-order chi connectivity index (χ0) is 14.1. The van der Waals surface area contributed by atoms with Gasteiger partial charge in [0.2, 0.25) is 0 Å². The molecule has 0 amide bonds. The van der Waals surface area contributed by atoms with E-state index < -0.39 is 0 Å². The summed E-state index contributed by atoms with van der Waals surface area (Å²) in [6, 6.07) is 3.84. The highest BCUT2D eigenvalue weighted by Gasteiger charge is 2.19. The number of rotatable bonds is 4. The average molecular weight is 294 g/mol. The molecule has 0 aromatic carbocycles. The fourth-order valence-electron chi connectivity index (χ4n) is 2.83. The Morgan fingerprint density at radius 3 is 3.10 bits per heavy atom. The summed E-state index contributed by atoms with van der Waals surface area (Å²) in [5, 5.41) is 0.734. The molecule has 1 saturated heterocycles. The van der Waals surface area contributed by atoms with Crippen molar-refractivity contribution in [1.82, 2.24) is 14.3 Å². The Balaban J connectivity index is 1.78. The van der Waals surface area contributed by atoms with E-state index in [0.717, 1.165) is 36.1 Å². The van der Waals surface area contributed by atoms with Crippen LogP contribution in [0.25, 0.3) is 5.65 Å². The van der Waals surface area contributed by atoms with Crippen LogP contribution in [0.15, 0.2) is 18.3 Å². The van der Waals surface area contributed by atoms with Crippen molar-refractivity contribution in [2.45, 2.75) is 32.4 Å². The maximum atomic E-state index is 6.09. The first-order chi connectivity index (χ1) is 9.63. The van der Waals surface area contributed by atoms with Gasteiger partial charge in [-0.1, -0.05) is 11.6 Å². The van der Waals surface area contributed by atoms with Crippen molar-refractivity contribution in [3.05, 3.63) is 34.7 Å². The van der Waals surface area contributed by atoms with E-state index in [1.807, 2.05) is 18.3 Å². The van der Waals surface area contributed by atoms with Crippen LogP contribution in [0.3, 0.4) is 0 Å². The van der Waals surface area contributed by atoms with Crippen molar-refractivity contribution in [3.63, 3.8) is 0 Å². The molecule has 2 aromatic heterocycles. The quantitative estimate of drug-likeness (QED) is 0.868. The molecule has 0 spiro atoms. The minimum Gasteiger partial charge on any atom is -0.377 e. The van der Waals surface area contributed by atoms with E-state index in [9.17, 15) is 0 Å². The van der Waals surface area contributed by atoms with Crippen molar-refractivity contribution in [3.8, 4) is 0 Å². The van der Waals surface area contributed by atoms with Crippen LogP contribution in [0, 0.1) is 6.92 Å². The molecule has 3 rings (SSSR count). The van der Waals surface area contributed by atoms with Gasteiger partial charge in [0, 0.05) is 25.9 Å². The molecule has 1 fully saturated rings. The van der Waals surface area contributed by atoms with Gasteiger partial charge in [-0.3, -0.25) is 4.90 Å². The monoisotopic (exact) mass is 293 g/mol. The van der Waals surface area contributed by atoms with Gasteiger partial charge < -0.3 is 9.14 Å². The molecule has 1 aliphatic rings. The molecule has 0 N–H and O–H groups in total. The second-order valence-corrected chi connectivity index (χ2v) is 5.99. The molecule has 0 aliphatic carbocycles. The summed E-state index contributed by atoms with van der Waals surface area (Å²) in [4.78, 5) is 6.88. The zero-order valence-corrected chi connectivity index (χ0v) is 12.7. The third-order valence-corrected chi connectivity index (χ3v) is 4.06. The normalized spacial score (nSPS) is 19.3. The zero-order valence-electron chi connectivity index (χ0n) is 12.0. The smallest absolute Gasteiger partial charge is 0.137 e. The van der Waals surface area contributed by atoms with Gasteiger partial charge in [0.05, 0.1) is 22.5 Å². The number of imidazole rings is 1. The third kappa shape index (κ3) is 2.82. The number of ether oxygens (including phenoxy) is 1. The van der Waals surface area contributed by atoms with Gasteiger partial charge in [-0.05, 0) is 38.9 Å². The molecule has 1 unspecified atom stereocenters. The highest BCUT2D eigenvalue weighted by atomic mass is 35.5. The summed E-state index contributed by atoms with van der Waals surface area (Å²) in [6.45, 7) is 4.78. The maximum Gasteiger partial charge on any atom is 0.137 e. The van der Waals surface area contributed by atoms with Crippen LogP contribution in [-0.4, -0.2) is 40.6 Å². The largest absolute Gasteiger partial charge is 0.377 e. The van der Waals surface area contributed by atoms with E-state index in [2.05, 4.69) is 28.3 Å². The predicted octanol–water partition coefficient (Wildman–Crippen LogP) is 2.91. The van der Waals surface area contributed by atoms with Crippen molar-refractivity contribution < 1.29 is 4.74 Å². The lowest BCUT2D eigenvalue weighted by Crippen LogP contribution is -2.29. The Morgan fingerprint density at radius 1 is 1.50 bits per heavy atom. The Kier molecular flexibility index (Phi) is 3.96. The SMILES string of the molecule is Cc1nc2ccc(Cl)cn2c1CN(C)CC1CCCO1. The molecular formula is C15H20ClN3O.